The van der Waals surface area contributed by atoms with Crippen molar-refractivity contribution in [3.05, 3.63) is 35.9 Å². The Morgan fingerprint density at radius 3 is 2.59 bits per heavy atom. The van der Waals surface area contributed by atoms with Crippen molar-refractivity contribution in [2.24, 2.45) is 11.8 Å². The second-order valence-electron chi connectivity index (χ2n) is 7.00. The molecule has 2 aliphatic rings. The van der Waals surface area contributed by atoms with E-state index < -0.39 is 0 Å². The van der Waals surface area contributed by atoms with Crippen molar-refractivity contribution in [1.29, 1.82) is 0 Å². The fourth-order valence-electron chi connectivity index (χ4n) is 3.66. The molecule has 2 fully saturated rings. The van der Waals surface area contributed by atoms with Gasteiger partial charge in [0.15, 0.2) is 0 Å². The first-order valence-electron chi connectivity index (χ1n) is 8.15. The maximum atomic E-state index is 12.7. The lowest BCUT2D eigenvalue weighted by molar-refractivity contribution is -0.139. The molecule has 0 bridgehead atoms. The minimum atomic E-state index is 0. The molecule has 1 amide bonds. The summed E-state index contributed by atoms with van der Waals surface area (Å²) in [5.41, 5.74) is 1.47. The molecular weight excluding hydrogens is 296 g/mol. The molecule has 122 valence electrons. The minimum absolute atomic E-state index is 0. The Bertz CT molecular complexity index is 503. The van der Waals surface area contributed by atoms with Crippen LogP contribution >= 0.6 is 12.4 Å². The smallest absolute Gasteiger partial charge is 0.225 e. The fraction of sp³-hybridized carbons (Fsp3) is 0.611. The molecule has 0 spiro atoms. The van der Waals surface area contributed by atoms with Gasteiger partial charge in [-0.15, -0.1) is 12.4 Å². The molecule has 4 heteroatoms. The van der Waals surface area contributed by atoms with Crippen molar-refractivity contribution in [3.8, 4) is 0 Å². The summed E-state index contributed by atoms with van der Waals surface area (Å²) in [5, 5.41) is 3.27. The molecule has 2 unspecified atom stereocenters. The average Bonchev–Trinajstić information content (AvgIpc) is 2.45. The summed E-state index contributed by atoms with van der Waals surface area (Å²) < 4.78 is 0. The van der Waals surface area contributed by atoms with Gasteiger partial charge in [0.2, 0.25) is 5.91 Å². The van der Waals surface area contributed by atoms with Crippen molar-refractivity contribution < 1.29 is 4.79 Å². The van der Waals surface area contributed by atoms with E-state index in [1.165, 1.54) is 12.0 Å². The summed E-state index contributed by atoms with van der Waals surface area (Å²) in [6, 6.07) is 10.7. The van der Waals surface area contributed by atoms with Gasteiger partial charge in [0.25, 0.3) is 0 Å². The Morgan fingerprint density at radius 1 is 1.32 bits per heavy atom. The maximum Gasteiger partial charge on any atom is 0.225 e. The number of benzene rings is 1. The summed E-state index contributed by atoms with van der Waals surface area (Å²) in [7, 11) is 0. The number of nitrogens with zero attached hydrogens (tertiary/aromatic N) is 1. The topological polar surface area (TPSA) is 32.3 Å². The molecule has 3 nitrogen and oxygen atoms in total. The molecule has 2 atom stereocenters. The van der Waals surface area contributed by atoms with Crippen LogP contribution in [0.25, 0.3) is 0 Å². The number of rotatable bonds is 3. The lowest BCUT2D eigenvalue weighted by atomic mass is 9.75. The molecule has 0 saturated carbocycles. The van der Waals surface area contributed by atoms with Crippen molar-refractivity contribution in [2.75, 3.05) is 26.2 Å². The number of amides is 1. The number of hydrogen-bond acceptors (Lipinski definition) is 2. The average molecular weight is 323 g/mol. The second kappa shape index (κ2) is 7.01. The van der Waals surface area contributed by atoms with E-state index in [0.717, 1.165) is 32.6 Å². The van der Waals surface area contributed by atoms with Crippen LogP contribution < -0.4 is 5.32 Å². The number of carbonyl (C=O) groups excluding carboxylic acids is 1. The molecule has 3 rings (SSSR count). The Hall–Kier alpha value is -1.06. The van der Waals surface area contributed by atoms with Crippen LogP contribution in [0.4, 0.5) is 0 Å². The van der Waals surface area contributed by atoms with Gasteiger partial charge in [0.1, 0.15) is 0 Å². The maximum absolute atomic E-state index is 12.7. The van der Waals surface area contributed by atoms with E-state index in [1.807, 2.05) is 0 Å². The first kappa shape index (κ1) is 17.3. The predicted molar refractivity (Wildman–Crippen MR) is 92.4 cm³/mol. The van der Waals surface area contributed by atoms with Crippen molar-refractivity contribution in [3.63, 3.8) is 0 Å². The molecule has 0 aliphatic carbocycles. The fourth-order valence-corrected chi connectivity index (χ4v) is 3.66. The Kier molecular flexibility index (Phi) is 5.51. The van der Waals surface area contributed by atoms with Gasteiger partial charge in [-0.2, -0.15) is 0 Å². The van der Waals surface area contributed by atoms with Crippen LogP contribution in [0.1, 0.15) is 32.3 Å². The third kappa shape index (κ3) is 3.31. The lowest BCUT2D eigenvalue weighted by Gasteiger charge is -2.43. The molecule has 1 aromatic carbocycles. The van der Waals surface area contributed by atoms with Crippen LogP contribution in [0.15, 0.2) is 30.3 Å². The Labute approximate surface area is 139 Å². The third-order valence-electron chi connectivity index (χ3n) is 5.39. The highest BCUT2D eigenvalue weighted by atomic mass is 35.5. The quantitative estimate of drug-likeness (QED) is 0.928. The largest absolute Gasteiger partial charge is 0.342 e. The molecule has 1 N–H and O–H groups in total. The van der Waals surface area contributed by atoms with Gasteiger partial charge >= 0.3 is 0 Å². The van der Waals surface area contributed by atoms with Gasteiger partial charge in [-0.1, -0.05) is 44.2 Å². The van der Waals surface area contributed by atoms with Gasteiger partial charge in [-0.25, -0.2) is 0 Å². The van der Waals surface area contributed by atoms with Gasteiger partial charge in [0, 0.05) is 24.4 Å². The van der Waals surface area contributed by atoms with E-state index in [2.05, 4.69) is 54.4 Å². The normalized spacial score (nSPS) is 26.7. The van der Waals surface area contributed by atoms with E-state index in [9.17, 15) is 4.79 Å². The van der Waals surface area contributed by atoms with Gasteiger partial charge in [0.05, 0.1) is 0 Å². The number of halogens is 1. The number of nitrogens with one attached hydrogen (secondary N) is 1. The summed E-state index contributed by atoms with van der Waals surface area (Å²) in [6.45, 7) is 8.18. The second-order valence-corrected chi connectivity index (χ2v) is 7.00. The SMILES string of the molecule is CC(C(=O)N1CCCC(C)(c2ccccc2)C1)C1CNC1.Cl. The van der Waals surface area contributed by atoms with Crippen LogP contribution in [0.3, 0.4) is 0 Å². The summed E-state index contributed by atoms with van der Waals surface area (Å²) in [6.07, 6.45) is 2.27. The highest BCUT2D eigenvalue weighted by Crippen LogP contribution is 2.34. The Morgan fingerprint density at radius 2 is 2.00 bits per heavy atom. The monoisotopic (exact) mass is 322 g/mol. The minimum Gasteiger partial charge on any atom is -0.342 e. The summed E-state index contributed by atoms with van der Waals surface area (Å²) in [5.74, 6) is 1.04. The van der Waals surface area contributed by atoms with Crippen molar-refractivity contribution in [1.82, 2.24) is 10.2 Å². The van der Waals surface area contributed by atoms with E-state index in [0.29, 0.717) is 11.8 Å². The van der Waals surface area contributed by atoms with E-state index >= 15 is 0 Å². The third-order valence-corrected chi connectivity index (χ3v) is 5.39. The first-order chi connectivity index (χ1) is 10.1. The zero-order valence-corrected chi connectivity index (χ0v) is 14.4. The van der Waals surface area contributed by atoms with Crippen LogP contribution in [0.5, 0.6) is 0 Å². The number of piperidine rings is 1. The predicted octanol–water partition coefficient (Wildman–Crippen LogP) is 2.84. The van der Waals surface area contributed by atoms with Crippen LogP contribution in [0, 0.1) is 11.8 Å². The molecule has 22 heavy (non-hydrogen) atoms. The molecule has 0 radical (unpaired) electrons. The zero-order chi connectivity index (χ0) is 14.9. The standard InChI is InChI=1S/C18H26N2O.ClH/c1-14(15-11-19-12-15)17(21)20-10-6-9-18(2,13-20)16-7-4-3-5-8-16;/h3-5,7-8,14-15,19H,6,9-13H2,1-2H3;1H. The highest BCUT2D eigenvalue weighted by Gasteiger charge is 2.38. The van der Waals surface area contributed by atoms with E-state index in [1.54, 1.807) is 0 Å². The zero-order valence-electron chi connectivity index (χ0n) is 13.5. The van der Waals surface area contributed by atoms with Crippen molar-refractivity contribution >= 4 is 18.3 Å². The van der Waals surface area contributed by atoms with Crippen LogP contribution in [0.2, 0.25) is 0 Å². The number of hydrogen-bond donors (Lipinski definition) is 1. The molecule has 0 aromatic heterocycles. The molecule has 2 aliphatic heterocycles. The summed E-state index contributed by atoms with van der Waals surface area (Å²) >= 11 is 0. The highest BCUT2D eigenvalue weighted by molar-refractivity contribution is 5.85. The molecule has 2 saturated heterocycles. The molecular formula is C18H27ClN2O. The van der Waals surface area contributed by atoms with Crippen LogP contribution in [-0.4, -0.2) is 37.0 Å². The van der Waals surface area contributed by atoms with Gasteiger partial charge in [-0.3, -0.25) is 4.79 Å². The Balaban J connectivity index is 0.00000176. The number of carbonyl (C=O) groups is 1. The van der Waals surface area contributed by atoms with Crippen molar-refractivity contribution in [2.45, 2.75) is 32.1 Å². The lowest BCUT2D eigenvalue weighted by Crippen LogP contribution is -2.53. The van der Waals surface area contributed by atoms with E-state index in [4.69, 9.17) is 0 Å². The van der Waals surface area contributed by atoms with E-state index in [-0.39, 0.29) is 23.7 Å². The summed E-state index contributed by atoms with van der Waals surface area (Å²) in [4.78, 5) is 14.9. The molecule has 1 aromatic rings. The first-order valence-corrected chi connectivity index (χ1v) is 8.15. The number of likely N-dealkylation sites (tertiary alicyclic amines) is 1. The van der Waals surface area contributed by atoms with Crippen LogP contribution in [-0.2, 0) is 10.2 Å². The van der Waals surface area contributed by atoms with Gasteiger partial charge in [-0.05, 0) is 37.4 Å². The van der Waals surface area contributed by atoms with Gasteiger partial charge < -0.3 is 10.2 Å². The molecule has 2 heterocycles.